The van der Waals surface area contributed by atoms with Crippen LogP contribution in [0.1, 0.15) is 0 Å². The van der Waals surface area contributed by atoms with Crippen molar-refractivity contribution in [3.8, 4) is 0 Å². The molecule has 0 spiro atoms. The Morgan fingerprint density at radius 2 is 1.69 bits per heavy atom. The molecule has 0 heterocycles. The van der Waals surface area contributed by atoms with Crippen LogP contribution >= 0.6 is 34.8 Å². The summed E-state index contributed by atoms with van der Waals surface area (Å²) in [4.78, 5) is 10.9. The Balaban J connectivity index is 3.27. The Labute approximate surface area is 109 Å². The van der Waals surface area contributed by atoms with Gasteiger partial charge in [-0.3, -0.25) is 0 Å². The molecular formula is C9H13Cl3O4. The Bertz CT molecular complexity index is 215. The molecule has 0 N–H and O–H groups in total. The van der Waals surface area contributed by atoms with E-state index in [0.717, 1.165) is 0 Å². The maximum atomic E-state index is 10.9. The fourth-order valence-electron chi connectivity index (χ4n) is 0.662. The predicted octanol–water partition coefficient (Wildman–Crippen LogP) is 2.12. The molecule has 0 aromatic carbocycles. The van der Waals surface area contributed by atoms with Gasteiger partial charge in [0.2, 0.25) is 0 Å². The molecule has 0 aliphatic rings. The van der Waals surface area contributed by atoms with Crippen LogP contribution in [0.2, 0.25) is 0 Å². The third-order valence-corrected chi connectivity index (χ3v) is 1.76. The van der Waals surface area contributed by atoms with Crippen LogP contribution in [0.3, 0.4) is 0 Å². The molecule has 0 aliphatic carbocycles. The van der Waals surface area contributed by atoms with E-state index < -0.39 is 9.76 Å². The van der Waals surface area contributed by atoms with E-state index in [2.05, 4.69) is 11.3 Å². The van der Waals surface area contributed by atoms with Crippen LogP contribution in [-0.4, -0.2) is 42.8 Å². The van der Waals surface area contributed by atoms with Gasteiger partial charge < -0.3 is 14.2 Å². The van der Waals surface area contributed by atoms with Crippen LogP contribution in [0.15, 0.2) is 12.7 Å². The highest BCUT2D eigenvalue weighted by atomic mass is 35.6. The molecule has 0 saturated carbocycles. The van der Waals surface area contributed by atoms with E-state index in [1.54, 1.807) is 6.08 Å². The highest BCUT2D eigenvalue weighted by Crippen LogP contribution is 2.27. The molecule has 0 rings (SSSR count). The van der Waals surface area contributed by atoms with E-state index in [4.69, 9.17) is 44.3 Å². The fraction of sp³-hybridized carbons (Fsp3) is 0.667. The average molecular weight is 292 g/mol. The lowest BCUT2D eigenvalue weighted by molar-refractivity contribution is -0.144. The second-order valence-corrected chi connectivity index (χ2v) is 4.89. The summed E-state index contributed by atoms with van der Waals surface area (Å²) in [6.45, 7) is 5.08. The van der Waals surface area contributed by atoms with Crippen molar-refractivity contribution in [3.05, 3.63) is 12.7 Å². The zero-order valence-electron chi connectivity index (χ0n) is 8.59. The average Bonchev–Trinajstić information content (AvgIpc) is 2.20. The molecule has 0 fully saturated rings. The number of hydrogen-bond acceptors (Lipinski definition) is 4. The Kier molecular flexibility index (Phi) is 9.07. The van der Waals surface area contributed by atoms with E-state index in [-0.39, 0.29) is 13.2 Å². The monoisotopic (exact) mass is 290 g/mol. The van der Waals surface area contributed by atoms with Crippen molar-refractivity contribution in [1.29, 1.82) is 0 Å². The lowest BCUT2D eigenvalue weighted by Gasteiger charge is -2.10. The zero-order valence-corrected chi connectivity index (χ0v) is 10.9. The van der Waals surface area contributed by atoms with Gasteiger partial charge in [-0.15, -0.1) is 6.58 Å². The van der Waals surface area contributed by atoms with Crippen LogP contribution in [0.5, 0.6) is 0 Å². The number of esters is 1. The Morgan fingerprint density at radius 3 is 2.25 bits per heavy atom. The van der Waals surface area contributed by atoms with Crippen LogP contribution in [0.4, 0.5) is 0 Å². The van der Waals surface area contributed by atoms with Crippen molar-refractivity contribution < 1.29 is 19.0 Å². The van der Waals surface area contributed by atoms with Crippen molar-refractivity contribution in [2.45, 2.75) is 3.79 Å². The Morgan fingerprint density at radius 1 is 1.12 bits per heavy atom. The minimum atomic E-state index is -2.03. The van der Waals surface area contributed by atoms with Crippen LogP contribution in [0, 0.1) is 0 Å². The normalized spacial score (nSPS) is 11.2. The van der Waals surface area contributed by atoms with E-state index in [9.17, 15) is 4.79 Å². The Hall–Kier alpha value is -0.000000000000000111. The van der Waals surface area contributed by atoms with Crippen molar-refractivity contribution in [2.24, 2.45) is 0 Å². The van der Waals surface area contributed by atoms with Gasteiger partial charge in [-0.1, -0.05) is 40.9 Å². The van der Waals surface area contributed by atoms with E-state index in [1.807, 2.05) is 0 Å². The first-order chi connectivity index (χ1) is 7.48. The second kappa shape index (κ2) is 9.07. The molecule has 0 saturated heterocycles. The maximum absolute atomic E-state index is 10.9. The first kappa shape index (κ1) is 16.0. The van der Waals surface area contributed by atoms with Crippen molar-refractivity contribution in [2.75, 3.05) is 33.0 Å². The largest absolute Gasteiger partial charge is 0.460 e. The third-order valence-electron chi connectivity index (χ3n) is 1.30. The summed E-state index contributed by atoms with van der Waals surface area (Å²) < 4.78 is 12.7. The molecule has 0 radical (unpaired) electrons. The van der Waals surface area contributed by atoms with Gasteiger partial charge in [0.05, 0.1) is 26.4 Å². The van der Waals surface area contributed by atoms with Gasteiger partial charge in [0, 0.05) is 0 Å². The van der Waals surface area contributed by atoms with Crippen molar-refractivity contribution in [3.63, 3.8) is 0 Å². The highest BCUT2D eigenvalue weighted by Gasteiger charge is 2.32. The SMILES string of the molecule is C=CCOCCOCCOC(=O)C(Cl)(Cl)Cl. The van der Waals surface area contributed by atoms with E-state index in [0.29, 0.717) is 19.8 Å². The first-order valence-electron chi connectivity index (χ1n) is 4.49. The minimum Gasteiger partial charge on any atom is -0.460 e. The smallest absolute Gasteiger partial charge is 0.358 e. The standard InChI is InChI=1S/C9H13Cl3O4/c1-2-3-14-4-5-15-6-7-16-8(13)9(10,11)12/h2H,1,3-7H2. The van der Waals surface area contributed by atoms with Gasteiger partial charge in [0.1, 0.15) is 6.61 Å². The van der Waals surface area contributed by atoms with E-state index in [1.165, 1.54) is 0 Å². The summed E-state index contributed by atoms with van der Waals surface area (Å²) >= 11 is 15.8. The lowest BCUT2D eigenvalue weighted by atomic mass is 10.6. The molecular weight excluding hydrogens is 278 g/mol. The maximum Gasteiger partial charge on any atom is 0.358 e. The molecule has 0 aromatic rings. The quantitative estimate of drug-likeness (QED) is 0.297. The molecule has 4 nitrogen and oxygen atoms in total. The molecule has 0 bridgehead atoms. The highest BCUT2D eigenvalue weighted by molar-refractivity contribution is 6.75. The molecule has 0 aliphatic heterocycles. The summed E-state index contributed by atoms with van der Waals surface area (Å²) in [7, 11) is 0. The summed E-state index contributed by atoms with van der Waals surface area (Å²) in [5.74, 6) is -0.913. The van der Waals surface area contributed by atoms with Gasteiger partial charge >= 0.3 is 5.97 Å². The summed E-state index contributed by atoms with van der Waals surface area (Å²) in [5.41, 5.74) is 0. The van der Waals surface area contributed by atoms with Crippen molar-refractivity contribution >= 4 is 40.8 Å². The third kappa shape index (κ3) is 9.24. The molecule has 0 atom stereocenters. The van der Waals surface area contributed by atoms with Gasteiger partial charge in [0.15, 0.2) is 0 Å². The summed E-state index contributed by atoms with van der Waals surface area (Å²) in [5, 5.41) is 0. The number of ether oxygens (including phenoxy) is 3. The zero-order chi connectivity index (χ0) is 12.4. The topological polar surface area (TPSA) is 44.8 Å². The van der Waals surface area contributed by atoms with Crippen LogP contribution < -0.4 is 0 Å². The number of hydrogen-bond donors (Lipinski definition) is 0. The minimum absolute atomic E-state index is 0.0359. The first-order valence-corrected chi connectivity index (χ1v) is 5.62. The molecule has 0 unspecified atom stereocenters. The summed E-state index contributed by atoms with van der Waals surface area (Å²) in [6.07, 6.45) is 1.64. The molecule has 16 heavy (non-hydrogen) atoms. The molecule has 0 aromatic heterocycles. The van der Waals surface area contributed by atoms with E-state index >= 15 is 0 Å². The number of halogens is 3. The number of rotatable bonds is 8. The second-order valence-electron chi connectivity index (χ2n) is 2.61. The van der Waals surface area contributed by atoms with Gasteiger partial charge in [-0.25, -0.2) is 4.79 Å². The molecule has 7 heteroatoms. The summed E-state index contributed by atoms with van der Waals surface area (Å²) in [6, 6.07) is 0. The predicted molar refractivity (Wildman–Crippen MR) is 63.1 cm³/mol. The van der Waals surface area contributed by atoms with Crippen LogP contribution in [-0.2, 0) is 19.0 Å². The van der Waals surface area contributed by atoms with Gasteiger partial charge in [-0.2, -0.15) is 0 Å². The number of alkyl halides is 3. The van der Waals surface area contributed by atoms with Crippen LogP contribution in [0.25, 0.3) is 0 Å². The number of carbonyl (C=O) groups excluding carboxylic acids is 1. The molecule has 0 amide bonds. The number of carbonyl (C=O) groups is 1. The molecule has 94 valence electrons. The fourth-order valence-corrected chi connectivity index (χ4v) is 0.825. The lowest BCUT2D eigenvalue weighted by Crippen LogP contribution is -2.23. The van der Waals surface area contributed by atoms with Crippen molar-refractivity contribution in [1.82, 2.24) is 0 Å². The van der Waals surface area contributed by atoms with Gasteiger partial charge in [-0.05, 0) is 0 Å². The van der Waals surface area contributed by atoms with Gasteiger partial charge in [0.25, 0.3) is 3.79 Å².